The van der Waals surface area contributed by atoms with E-state index in [0.29, 0.717) is 16.8 Å². The molecule has 6 nitrogen and oxygen atoms in total. The summed E-state index contributed by atoms with van der Waals surface area (Å²) in [6.45, 7) is 1.32. The summed E-state index contributed by atoms with van der Waals surface area (Å²) in [5.41, 5.74) is 1.27. The molecule has 1 aromatic carbocycles. The Kier molecular flexibility index (Phi) is 3.38. The molecular weight excluding hydrogens is 287 g/mol. The number of rotatable bonds is 2. The topological polar surface area (TPSA) is 87.7 Å². The summed E-state index contributed by atoms with van der Waals surface area (Å²) >= 11 is 0. The molecule has 1 amide bonds. The second kappa shape index (κ2) is 5.36. The molecule has 0 bridgehead atoms. The van der Waals surface area contributed by atoms with Crippen LogP contribution >= 0.6 is 0 Å². The van der Waals surface area contributed by atoms with Gasteiger partial charge in [-0.2, -0.15) is 0 Å². The molecule has 0 unspecified atom stereocenters. The smallest absolute Gasteiger partial charge is 0.278 e. The van der Waals surface area contributed by atoms with Gasteiger partial charge >= 0.3 is 0 Å². The van der Waals surface area contributed by atoms with Gasteiger partial charge in [0.25, 0.3) is 5.56 Å². The zero-order valence-corrected chi connectivity index (χ0v) is 11.6. The van der Waals surface area contributed by atoms with E-state index in [4.69, 9.17) is 0 Å². The Hall–Kier alpha value is -3.09. The zero-order chi connectivity index (χ0) is 15.7. The minimum absolute atomic E-state index is 0.0707. The van der Waals surface area contributed by atoms with Crippen molar-refractivity contribution in [1.82, 2.24) is 15.0 Å². The van der Waals surface area contributed by atoms with E-state index in [0.717, 1.165) is 0 Å². The zero-order valence-electron chi connectivity index (χ0n) is 11.6. The number of aromatic nitrogens is 3. The van der Waals surface area contributed by atoms with Gasteiger partial charge in [0, 0.05) is 12.5 Å². The number of pyridine rings is 1. The van der Waals surface area contributed by atoms with Crippen molar-refractivity contribution < 1.29 is 9.18 Å². The normalized spacial score (nSPS) is 10.6. The van der Waals surface area contributed by atoms with Crippen molar-refractivity contribution in [3.63, 3.8) is 0 Å². The predicted molar refractivity (Wildman–Crippen MR) is 79.9 cm³/mol. The van der Waals surface area contributed by atoms with Crippen LogP contribution in [0.2, 0.25) is 0 Å². The van der Waals surface area contributed by atoms with E-state index in [2.05, 4.69) is 20.3 Å². The molecule has 2 aromatic heterocycles. The molecule has 3 rings (SSSR count). The molecule has 0 aliphatic heterocycles. The quantitative estimate of drug-likeness (QED) is 0.758. The third-order valence-electron chi connectivity index (χ3n) is 2.99. The van der Waals surface area contributed by atoms with Crippen LogP contribution in [-0.2, 0) is 4.79 Å². The highest BCUT2D eigenvalue weighted by Crippen LogP contribution is 2.19. The number of benzene rings is 1. The molecule has 0 atom stereocenters. The summed E-state index contributed by atoms with van der Waals surface area (Å²) in [7, 11) is 0. The Balaban J connectivity index is 2.10. The molecule has 0 aliphatic rings. The fourth-order valence-electron chi connectivity index (χ4n) is 2.03. The lowest BCUT2D eigenvalue weighted by Crippen LogP contribution is -2.16. The largest absolute Gasteiger partial charge is 0.296 e. The van der Waals surface area contributed by atoms with Gasteiger partial charge in [0.05, 0.1) is 11.2 Å². The van der Waals surface area contributed by atoms with E-state index in [9.17, 15) is 14.0 Å². The standard InChI is InChI=1S/C15H11FN4O2/c1-8(21)17-15-19-12-7-6-11(18-13(12)14(22)20-15)9-2-4-10(16)5-3-9/h2-7H,1H3,(H2,17,19,20,21,22). The summed E-state index contributed by atoms with van der Waals surface area (Å²) in [5.74, 6) is -0.608. The van der Waals surface area contributed by atoms with Crippen molar-refractivity contribution in [3.05, 3.63) is 52.6 Å². The second-order valence-corrected chi connectivity index (χ2v) is 4.67. The highest BCUT2D eigenvalue weighted by atomic mass is 19.1. The van der Waals surface area contributed by atoms with Crippen LogP contribution in [-0.4, -0.2) is 20.9 Å². The van der Waals surface area contributed by atoms with Gasteiger partial charge in [0.2, 0.25) is 11.9 Å². The summed E-state index contributed by atoms with van der Waals surface area (Å²) < 4.78 is 12.9. The van der Waals surface area contributed by atoms with Crippen LogP contribution in [0.25, 0.3) is 22.3 Å². The molecule has 0 radical (unpaired) electrons. The van der Waals surface area contributed by atoms with Gasteiger partial charge in [-0.3, -0.25) is 19.9 Å². The van der Waals surface area contributed by atoms with Crippen molar-refractivity contribution in [2.24, 2.45) is 0 Å². The van der Waals surface area contributed by atoms with Crippen LogP contribution in [0.5, 0.6) is 0 Å². The van der Waals surface area contributed by atoms with E-state index in [1.54, 1.807) is 24.3 Å². The summed E-state index contributed by atoms with van der Waals surface area (Å²) in [6.07, 6.45) is 0. The van der Waals surface area contributed by atoms with E-state index < -0.39 is 5.56 Å². The summed E-state index contributed by atoms with van der Waals surface area (Å²) in [4.78, 5) is 33.9. The minimum atomic E-state index is -0.460. The lowest BCUT2D eigenvalue weighted by Gasteiger charge is -2.05. The molecular formula is C15H11FN4O2. The van der Waals surface area contributed by atoms with Gasteiger partial charge in [0.1, 0.15) is 5.82 Å². The molecule has 7 heteroatoms. The molecule has 0 saturated carbocycles. The molecule has 110 valence electrons. The van der Waals surface area contributed by atoms with Crippen LogP contribution in [0, 0.1) is 5.82 Å². The van der Waals surface area contributed by atoms with Gasteiger partial charge in [-0.05, 0) is 36.4 Å². The lowest BCUT2D eigenvalue weighted by atomic mass is 10.1. The van der Waals surface area contributed by atoms with Crippen molar-refractivity contribution in [2.45, 2.75) is 6.92 Å². The average molecular weight is 298 g/mol. The predicted octanol–water partition coefficient (Wildman–Crippen LogP) is 2.08. The van der Waals surface area contributed by atoms with Crippen molar-refractivity contribution in [2.75, 3.05) is 5.32 Å². The Labute approximate surface area is 124 Å². The number of amides is 1. The number of aromatic amines is 1. The van der Waals surface area contributed by atoms with Crippen LogP contribution < -0.4 is 10.9 Å². The van der Waals surface area contributed by atoms with Gasteiger partial charge in [-0.1, -0.05) is 0 Å². The van der Waals surface area contributed by atoms with Gasteiger partial charge in [-0.15, -0.1) is 0 Å². The molecule has 3 aromatic rings. The maximum atomic E-state index is 12.9. The Morgan fingerprint density at radius 3 is 2.55 bits per heavy atom. The number of nitrogens with one attached hydrogen (secondary N) is 2. The van der Waals surface area contributed by atoms with E-state index in [-0.39, 0.29) is 23.2 Å². The highest BCUT2D eigenvalue weighted by molar-refractivity contribution is 5.88. The molecule has 2 N–H and O–H groups in total. The van der Waals surface area contributed by atoms with Gasteiger partial charge < -0.3 is 0 Å². The lowest BCUT2D eigenvalue weighted by molar-refractivity contribution is -0.114. The number of hydrogen-bond donors (Lipinski definition) is 2. The number of H-pyrrole nitrogens is 1. The highest BCUT2D eigenvalue weighted by Gasteiger charge is 2.08. The first kappa shape index (κ1) is 13.9. The third-order valence-corrected chi connectivity index (χ3v) is 2.99. The molecule has 2 heterocycles. The molecule has 0 aliphatic carbocycles. The average Bonchev–Trinajstić information content (AvgIpc) is 2.47. The van der Waals surface area contributed by atoms with E-state index in [1.807, 2.05) is 0 Å². The number of hydrogen-bond acceptors (Lipinski definition) is 4. The van der Waals surface area contributed by atoms with Crippen LogP contribution in [0.15, 0.2) is 41.2 Å². The molecule has 22 heavy (non-hydrogen) atoms. The Morgan fingerprint density at radius 1 is 1.14 bits per heavy atom. The fourth-order valence-corrected chi connectivity index (χ4v) is 2.03. The monoisotopic (exact) mass is 298 g/mol. The van der Waals surface area contributed by atoms with Crippen molar-refractivity contribution in [3.8, 4) is 11.3 Å². The first-order chi connectivity index (χ1) is 10.5. The van der Waals surface area contributed by atoms with Crippen LogP contribution in [0.1, 0.15) is 6.92 Å². The first-order valence-corrected chi connectivity index (χ1v) is 6.47. The fraction of sp³-hybridized carbons (Fsp3) is 0.0667. The van der Waals surface area contributed by atoms with Crippen LogP contribution in [0.3, 0.4) is 0 Å². The molecule has 0 fully saturated rings. The molecule has 0 spiro atoms. The summed E-state index contributed by atoms with van der Waals surface area (Å²) in [5, 5.41) is 2.42. The van der Waals surface area contributed by atoms with Crippen LogP contribution in [0.4, 0.5) is 10.3 Å². The minimum Gasteiger partial charge on any atom is -0.296 e. The van der Waals surface area contributed by atoms with Gasteiger partial charge in [-0.25, -0.2) is 14.4 Å². The Bertz CT molecular complexity index is 919. The van der Waals surface area contributed by atoms with E-state index in [1.165, 1.54) is 19.1 Å². The Morgan fingerprint density at radius 2 is 1.86 bits per heavy atom. The van der Waals surface area contributed by atoms with Gasteiger partial charge in [0.15, 0.2) is 5.52 Å². The maximum Gasteiger partial charge on any atom is 0.278 e. The second-order valence-electron chi connectivity index (χ2n) is 4.67. The third kappa shape index (κ3) is 2.69. The van der Waals surface area contributed by atoms with Crippen molar-refractivity contribution >= 4 is 22.9 Å². The SMILES string of the molecule is CC(=O)Nc1nc2ccc(-c3ccc(F)cc3)nc2c(=O)[nH]1. The number of carbonyl (C=O) groups is 1. The maximum absolute atomic E-state index is 12.9. The summed E-state index contributed by atoms with van der Waals surface area (Å²) in [6, 6.07) is 9.11. The first-order valence-electron chi connectivity index (χ1n) is 6.47. The number of halogens is 1. The number of nitrogens with zero attached hydrogens (tertiary/aromatic N) is 2. The van der Waals surface area contributed by atoms with Crippen molar-refractivity contribution in [1.29, 1.82) is 0 Å². The van der Waals surface area contributed by atoms with E-state index >= 15 is 0 Å². The molecule has 0 saturated heterocycles. The number of carbonyl (C=O) groups excluding carboxylic acids is 1. The number of anilines is 1. The number of fused-ring (bicyclic) bond motifs is 1.